The molecule has 0 spiro atoms. The van der Waals surface area contributed by atoms with Gasteiger partial charge in [-0.15, -0.1) is 0 Å². The van der Waals surface area contributed by atoms with Gasteiger partial charge in [0.15, 0.2) is 0 Å². The van der Waals surface area contributed by atoms with Crippen molar-refractivity contribution >= 4 is 11.9 Å². The van der Waals surface area contributed by atoms with Gasteiger partial charge in [-0.3, -0.25) is 4.79 Å². The van der Waals surface area contributed by atoms with Gasteiger partial charge in [-0.2, -0.15) is 0 Å². The van der Waals surface area contributed by atoms with Crippen molar-refractivity contribution < 1.29 is 14.3 Å². The van der Waals surface area contributed by atoms with Crippen LogP contribution in [0.1, 0.15) is 12.5 Å². The number of amides is 1. The first kappa shape index (κ1) is 16.1. The highest BCUT2D eigenvalue weighted by Crippen LogP contribution is 2.04. The summed E-state index contributed by atoms with van der Waals surface area (Å²) in [4.78, 5) is 22.4. The maximum atomic E-state index is 11.4. The number of ether oxygens (including phenoxy) is 1. The Balaban J connectivity index is 0.00000137. The number of carbonyl (C=O) groups excluding carboxylic acids is 2. The molecule has 0 fully saturated rings. The zero-order valence-corrected chi connectivity index (χ0v) is 11.0. The Kier molecular flexibility index (Phi) is 8.22. The minimum atomic E-state index is -0.620. The van der Waals surface area contributed by atoms with Crippen molar-refractivity contribution in [1.29, 1.82) is 0 Å². The number of esters is 1. The van der Waals surface area contributed by atoms with E-state index in [1.165, 1.54) is 21.1 Å². The zero-order chi connectivity index (χ0) is 14.0. The van der Waals surface area contributed by atoms with Crippen LogP contribution in [0.25, 0.3) is 0 Å². The lowest BCUT2D eigenvalue weighted by atomic mass is 10.1. The molecule has 0 heterocycles. The van der Waals surface area contributed by atoms with Gasteiger partial charge in [0.1, 0.15) is 6.04 Å². The van der Waals surface area contributed by atoms with Crippen molar-refractivity contribution in [2.75, 3.05) is 14.2 Å². The van der Waals surface area contributed by atoms with E-state index in [2.05, 4.69) is 15.8 Å². The van der Waals surface area contributed by atoms with Crippen molar-refractivity contribution in [3.8, 4) is 0 Å². The molecule has 0 aliphatic carbocycles. The standard InChI is InChI=1S/C12H15NO3.CH5N/c1-9(14)13-11(12(15)16-2)8-10-6-4-3-5-7-10;1-2/h3-7,11H,8H2,1-2H3,(H,13,14);2H2,1H3. The van der Waals surface area contributed by atoms with Gasteiger partial charge in [-0.05, 0) is 12.6 Å². The van der Waals surface area contributed by atoms with Gasteiger partial charge in [0.05, 0.1) is 7.11 Å². The lowest BCUT2D eigenvalue weighted by molar-refractivity contribution is -0.144. The second-order valence-electron chi connectivity index (χ2n) is 3.47. The molecule has 0 aliphatic rings. The molecule has 1 atom stereocenters. The summed E-state index contributed by atoms with van der Waals surface area (Å²) >= 11 is 0. The Hall–Kier alpha value is -1.88. The third-order valence-electron chi connectivity index (χ3n) is 2.15. The quantitative estimate of drug-likeness (QED) is 0.764. The molecule has 1 aromatic carbocycles. The average molecular weight is 252 g/mol. The van der Waals surface area contributed by atoms with Crippen molar-refractivity contribution in [2.45, 2.75) is 19.4 Å². The number of benzene rings is 1. The number of hydrogen-bond acceptors (Lipinski definition) is 4. The molecule has 0 aliphatic heterocycles. The molecule has 0 aromatic heterocycles. The van der Waals surface area contributed by atoms with Crippen LogP contribution in [0.4, 0.5) is 0 Å². The molecule has 0 bridgehead atoms. The van der Waals surface area contributed by atoms with Gasteiger partial charge in [0.2, 0.25) is 5.91 Å². The fourth-order valence-electron chi connectivity index (χ4n) is 1.43. The first-order valence-corrected chi connectivity index (χ1v) is 5.60. The van der Waals surface area contributed by atoms with Gasteiger partial charge in [-0.1, -0.05) is 30.3 Å². The van der Waals surface area contributed by atoms with Crippen LogP contribution in [0.3, 0.4) is 0 Å². The first-order valence-electron chi connectivity index (χ1n) is 5.60. The summed E-state index contributed by atoms with van der Waals surface area (Å²) in [5.41, 5.74) is 5.48. The highest BCUT2D eigenvalue weighted by Gasteiger charge is 2.20. The third kappa shape index (κ3) is 6.00. The molecule has 1 unspecified atom stereocenters. The van der Waals surface area contributed by atoms with Crippen LogP contribution in [0.5, 0.6) is 0 Å². The van der Waals surface area contributed by atoms with E-state index >= 15 is 0 Å². The molecule has 3 N–H and O–H groups in total. The second kappa shape index (κ2) is 9.18. The molecule has 0 radical (unpaired) electrons. The number of carbonyl (C=O) groups is 2. The number of nitrogens with one attached hydrogen (secondary N) is 1. The molecule has 1 rings (SSSR count). The van der Waals surface area contributed by atoms with Crippen LogP contribution < -0.4 is 11.1 Å². The maximum Gasteiger partial charge on any atom is 0.328 e. The summed E-state index contributed by atoms with van der Waals surface area (Å²) in [6, 6.07) is 8.85. The fourth-order valence-corrected chi connectivity index (χ4v) is 1.43. The SMILES string of the molecule is CN.COC(=O)C(Cc1ccccc1)NC(C)=O. The highest BCUT2D eigenvalue weighted by atomic mass is 16.5. The summed E-state index contributed by atoms with van der Waals surface area (Å²) in [7, 11) is 2.81. The summed E-state index contributed by atoms with van der Waals surface area (Å²) in [5.74, 6) is -0.676. The van der Waals surface area contributed by atoms with E-state index < -0.39 is 12.0 Å². The summed E-state index contributed by atoms with van der Waals surface area (Å²) in [6.07, 6.45) is 0.438. The minimum absolute atomic E-state index is 0.244. The van der Waals surface area contributed by atoms with Crippen LogP contribution in [0.2, 0.25) is 0 Å². The van der Waals surface area contributed by atoms with Crippen molar-refractivity contribution in [3.05, 3.63) is 35.9 Å². The smallest absolute Gasteiger partial charge is 0.328 e. The Labute approximate surface area is 107 Å². The number of nitrogens with two attached hydrogens (primary N) is 1. The van der Waals surface area contributed by atoms with Crippen LogP contribution in [-0.2, 0) is 20.7 Å². The zero-order valence-electron chi connectivity index (χ0n) is 11.0. The summed E-state index contributed by atoms with van der Waals surface area (Å²) < 4.78 is 4.63. The second-order valence-corrected chi connectivity index (χ2v) is 3.47. The summed E-state index contributed by atoms with van der Waals surface area (Å²) in [5, 5.41) is 2.57. The molecule has 100 valence electrons. The van der Waals surface area contributed by atoms with Crippen molar-refractivity contribution in [1.82, 2.24) is 5.32 Å². The van der Waals surface area contributed by atoms with E-state index in [4.69, 9.17) is 0 Å². The average Bonchev–Trinajstić information content (AvgIpc) is 2.40. The minimum Gasteiger partial charge on any atom is -0.467 e. The highest BCUT2D eigenvalue weighted by molar-refractivity contribution is 5.83. The van der Waals surface area contributed by atoms with Crippen molar-refractivity contribution in [3.63, 3.8) is 0 Å². The lowest BCUT2D eigenvalue weighted by Crippen LogP contribution is -2.41. The van der Waals surface area contributed by atoms with Crippen LogP contribution in [0.15, 0.2) is 30.3 Å². The molecular weight excluding hydrogens is 232 g/mol. The topological polar surface area (TPSA) is 81.4 Å². The maximum absolute atomic E-state index is 11.4. The molecule has 5 heteroatoms. The van der Waals surface area contributed by atoms with Gasteiger partial charge in [0.25, 0.3) is 0 Å². The first-order chi connectivity index (χ1) is 8.63. The molecule has 5 nitrogen and oxygen atoms in total. The predicted molar refractivity (Wildman–Crippen MR) is 69.9 cm³/mol. The van der Waals surface area contributed by atoms with Crippen LogP contribution in [-0.4, -0.2) is 32.1 Å². The van der Waals surface area contributed by atoms with E-state index in [9.17, 15) is 9.59 Å². The fraction of sp³-hybridized carbons (Fsp3) is 0.385. The third-order valence-corrected chi connectivity index (χ3v) is 2.15. The normalized spacial score (nSPS) is 10.7. The Morgan fingerprint density at radius 2 is 1.83 bits per heavy atom. The Morgan fingerprint density at radius 1 is 1.28 bits per heavy atom. The van der Waals surface area contributed by atoms with Gasteiger partial charge in [0, 0.05) is 13.3 Å². The molecule has 1 aromatic rings. The van der Waals surface area contributed by atoms with E-state index in [1.54, 1.807) is 0 Å². The predicted octanol–water partition coefficient (Wildman–Crippen LogP) is 0.482. The Morgan fingerprint density at radius 3 is 2.28 bits per heavy atom. The largest absolute Gasteiger partial charge is 0.467 e. The van der Waals surface area contributed by atoms with E-state index in [1.807, 2.05) is 30.3 Å². The molecule has 18 heavy (non-hydrogen) atoms. The van der Waals surface area contributed by atoms with E-state index in [0.29, 0.717) is 6.42 Å². The van der Waals surface area contributed by atoms with Crippen molar-refractivity contribution in [2.24, 2.45) is 5.73 Å². The van der Waals surface area contributed by atoms with E-state index in [0.717, 1.165) is 5.56 Å². The molecular formula is C13H20N2O3. The number of rotatable bonds is 4. The molecule has 0 saturated carbocycles. The summed E-state index contributed by atoms with van der Waals surface area (Å²) in [6.45, 7) is 1.38. The number of hydrogen-bond donors (Lipinski definition) is 2. The molecule has 0 saturated heterocycles. The van der Waals surface area contributed by atoms with Crippen LogP contribution >= 0.6 is 0 Å². The van der Waals surface area contributed by atoms with E-state index in [-0.39, 0.29) is 5.91 Å². The van der Waals surface area contributed by atoms with Gasteiger partial charge >= 0.3 is 5.97 Å². The monoisotopic (exact) mass is 252 g/mol. The van der Waals surface area contributed by atoms with Gasteiger partial charge in [-0.25, -0.2) is 4.79 Å². The lowest BCUT2D eigenvalue weighted by Gasteiger charge is -2.15. The van der Waals surface area contributed by atoms with Crippen LogP contribution in [0, 0.1) is 0 Å². The molecule has 1 amide bonds. The number of methoxy groups -OCH3 is 1. The Bertz CT molecular complexity index is 366. The van der Waals surface area contributed by atoms with Gasteiger partial charge < -0.3 is 15.8 Å².